The molecular weight excluding hydrogens is 1280 g/mol. The van der Waals surface area contributed by atoms with Crippen LogP contribution in [0.2, 0.25) is 0 Å². The molecule has 0 radical (unpaired) electrons. The molecule has 104 heavy (non-hydrogen) atoms. The highest BCUT2D eigenvalue weighted by Gasteiger charge is 2.26. The van der Waals surface area contributed by atoms with Crippen LogP contribution in [0.25, 0.3) is 180 Å². The summed E-state index contributed by atoms with van der Waals surface area (Å²) in [7, 11) is 0. The number of benzene rings is 13. The third-order valence-electron chi connectivity index (χ3n) is 18.8. The molecule has 14 nitrogen and oxygen atoms in total. The maximum Gasteiger partial charge on any atom is 0.196 e. The number of hydrogen-bond donors (Lipinski definition) is 0. The first-order valence-corrected chi connectivity index (χ1v) is 32.6. The average Bonchev–Trinajstić information content (AvgIpc) is 1.54. The Morgan fingerprint density at radius 3 is 1.08 bits per heavy atom. The molecule has 3 aromatic heterocycles. The van der Waals surface area contributed by atoms with Crippen molar-refractivity contribution in [2.75, 3.05) is 0 Å². The van der Waals surface area contributed by atoms with Crippen LogP contribution in [0, 0.1) is 78.2 Å². The van der Waals surface area contributed by atoms with Gasteiger partial charge in [0.25, 0.3) is 0 Å². The quantitative estimate of drug-likeness (QED) is 0.116. The molecule has 14 heteroatoms. The van der Waals surface area contributed by atoms with Gasteiger partial charge in [-0.1, -0.05) is 158 Å². The summed E-state index contributed by atoms with van der Waals surface area (Å²) in [6.45, 7) is 40.6. The molecule has 0 fully saturated rings. The number of hydrogen-bond acceptors (Lipinski definition) is 7. The van der Waals surface area contributed by atoms with Crippen molar-refractivity contribution in [2.45, 2.75) is 0 Å². The van der Waals surface area contributed by atoms with Crippen LogP contribution in [0.4, 0.5) is 28.4 Å². The fourth-order valence-electron chi connectivity index (χ4n) is 14.0. The van der Waals surface area contributed by atoms with Gasteiger partial charge in [-0.25, -0.2) is 39.2 Å². The second kappa shape index (κ2) is 26.0. The Morgan fingerprint density at radius 2 is 0.635 bits per heavy atom. The molecule has 0 unspecified atom stereocenters. The van der Waals surface area contributed by atoms with Gasteiger partial charge >= 0.3 is 0 Å². The average molecular weight is 1320 g/mol. The lowest BCUT2D eigenvalue weighted by Crippen LogP contribution is -2.04. The standard InChI is InChI=1S/C90H44N14/c1-95-66-28-33-68(64(42-66)52-93)58-23-35-83-75(44-58)77-46-60(71-30-20-54(50-91)40-80(71)98-4)25-37-84(77)103(83)82-39-27-63(90-101-88(56-14-8-6-9-15-56)100-89(102-90)57-16-10-7-11-17-57)48-74(82)73-32-22-62(70-18-12-13-19-79(70)97-3)49-87(73)104-85-36-24-59(69-34-29-67(96-2)43-65(69)53-94)45-76(85)78-47-61(26-38-86(78)104)72-31-21-55(51-92)41-81(72)99-5/h6-49H. The van der Waals surface area contributed by atoms with Gasteiger partial charge < -0.3 is 9.13 Å². The van der Waals surface area contributed by atoms with Crippen molar-refractivity contribution in [2.24, 2.45) is 0 Å². The maximum absolute atomic E-state index is 10.6. The summed E-state index contributed by atoms with van der Waals surface area (Å²) in [5.41, 5.74) is 18.1. The number of fused-ring (bicyclic) bond motifs is 6. The molecule has 0 aliphatic carbocycles. The lowest BCUT2D eigenvalue weighted by molar-refractivity contribution is 1.07. The molecule has 474 valence electrons. The summed E-state index contributed by atoms with van der Waals surface area (Å²) >= 11 is 0. The topological polar surface area (TPSA) is 165 Å². The first-order chi connectivity index (χ1) is 51.1. The van der Waals surface area contributed by atoms with E-state index in [0.29, 0.717) is 113 Å². The Balaban J connectivity index is 1.04. The summed E-state index contributed by atoms with van der Waals surface area (Å²) in [5.74, 6) is 1.31. The number of nitriles is 4. The van der Waals surface area contributed by atoms with Crippen molar-refractivity contribution < 1.29 is 0 Å². The third-order valence-corrected chi connectivity index (χ3v) is 18.8. The van der Waals surface area contributed by atoms with Gasteiger partial charge in [0.2, 0.25) is 0 Å². The van der Waals surface area contributed by atoms with Crippen LogP contribution in [0.1, 0.15) is 22.3 Å². The molecule has 0 saturated carbocycles. The fourth-order valence-corrected chi connectivity index (χ4v) is 14.0. The Labute approximate surface area is 596 Å². The van der Waals surface area contributed by atoms with E-state index in [2.05, 4.69) is 106 Å². The van der Waals surface area contributed by atoms with Crippen molar-refractivity contribution in [3.8, 4) is 137 Å². The Bertz CT molecular complexity index is 6470. The van der Waals surface area contributed by atoms with Crippen LogP contribution in [-0.4, -0.2) is 24.1 Å². The second-order valence-electron chi connectivity index (χ2n) is 24.5. The minimum atomic E-state index is 0.305. The van der Waals surface area contributed by atoms with Crippen LogP contribution < -0.4 is 0 Å². The molecule has 3 heterocycles. The Kier molecular flexibility index (Phi) is 15.7. The third kappa shape index (κ3) is 10.8. The molecule has 0 atom stereocenters. The minimum absolute atomic E-state index is 0.305. The lowest BCUT2D eigenvalue weighted by Gasteiger charge is -2.21. The van der Waals surface area contributed by atoms with E-state index in [4.69, 9.17) is 47.8 Å². The van der Waals surface area contributed by atoms with E-state index in [0.717, 1.165) is 93.8 Å². The Morgan fingerprint density at radius 1 is 0.260 bits per heavy atom. The van der Waals surface area contributed by atoms with Crippen LogP contribution in [0.5, 0.6) is 0 Å². The molecule has 0 N–H and O–H groups in total. The van der Waals surface area contributed by atoms with Crippen molar-refractivity contribution in [1.82, 2.24) is 24.1 Å². The summed E-state index contributed by atoms with van der Waals surface area (Å²) in [6.07, 6.45) is 0. The smallest absolute Gasteiger partial charge is 0.196 e. The number of rotatable bonds is 11. The number of nitrogens with zero attached hydrogens (tertiary/aromatic N) is 14. The van der Waals surface area contributed by atoms with Gasteiger partial charge in [0.1, 0.15) is 0 Å². The van der Waals surface area contributed by atoms with E-state index in [1.165, 1.54) is 0 Å². The van der Waals surface area contributed by atoms with Gasteiger partial charge in [0.05, 0.1) is 90.6 Å². The molecule has 0 bridgehead atoms. The number of aromatic nitrogens is 5. The van der Waals surface area contributed by atoms with Crippen LogP contribution in [0.3, 0.4) is 0 Å². The fraction of sp³-hybridized carbons (Fsp3) is 0. The van der Waals surface area contributed by atoms with E-state index in [1.807, 2.05) is 140 Å². The predicted octanol–water partition coefficient (Wildman–Crippen LogP) is 23.3. The Hall–Kier alpha value is -16.1. The summed E-state index contributed by atoms with van der Waals surface area (Å²) < 4.78 is 4.43. The maximum atomic E-state index is 10.6. The van der Waals surface area contributed by atoms with E-state index in [-0.39, 0.29) is 0 Å². The summed E-state index contributed by atoms with van der Waals surface area (Å²) in [6, 6.07) is 93.1. The zero-order valence-corrected chi connectivity index (χ0v) is 54.7. The zero-order chi connectivity index (χ0) is 71.1. The van der Waals surface area contributed by atoms with Gasteiger partial charge in [-0.15, -0.1) is 0 Å². The summed E-state index contributed by atoms with van der Waals surface area (Å²) in [5, 5.41) is 44.3. The predicted molar refractivity (Wildman–Crippen MR) is 408 cm³/mol. The molecule has 0 spiro atoms. The van der Waals surface area contributed by atoms with E-state index < -0.39 is 0 Å². The lowest BCUT2D eigenvalue weighted by atomic mass is 9.94. The molecular formula is C90H44N14. The summed E-state index contributed by atoms with van der Waals surface area (Å²) in [4.78, 5) is 34.7. The number of para-hydroxylation sites is 1. The van der Waals surface area contributed by atoms with E-state index in [9.17, 15) is 21.0 Å². The highest BCUT2D eigenvalue weighted by molar-refractivity contribution is 6.15. The van der Waals surface area contributed by atoms with Gasteiger partial charge in [-0.3, -0.25) is 0 Å². The first-order valence-electron chi connectivity index (χ1n) is 32.6. The van der Waals surface area contributed by atoms with Gasteiger partial charge in [0.15, 0.2) is 45.9 Å². The normalized spacial score (nSPS) is 10.8. The second-order valence-corrected chi connectivity index (χ2v) is 24.5. The van der Waals surface area contributed by atoms with E-state index in [1.54, 1.807) is 78.9 Å². The monoisotopic (exact) mass is 1320 g/mol. The van der Waals surface area contributed by atoms with Gasteiger partial charge in [0, 0.05) is 71.6 Å². The molecule has 0 amide bonds. The molecule has 13 aromatic carbocycles. The van der Waals surface area contributed by atoms with Crippen molar-refractivity contribution in [3.63, 3.8) is 0 Å². The first kappa shape index (κ1) is 62.7. The molecule has 16 aromatic rings. The van der Waals surface area contributed by atoms with Crippen LogP contribution in [0.15, 0.2) is 267 Å². The molecule has 0 aliphatic rings. The minimum Gasteiger partial charge on any atom is -0.309 e. The highest BCUT2D eigenvalue weighted by atomic mass is 15.0. The highest BCUT2D eigenvalue weighted by Crippen LogP contribution is 2.48. The molecule has 0 aliphatic heterocycles. The van der Waals surface area contributed by atoms with Crippen molar-refractivity contribution >= 4 is 72.0 Å². The largest absolute Gasteiger partial charge is 0.309 e. The molecule has 16 rings (SSSR count). The SMILES string of the molecule is [C-]#[N+]c1ccc(-c2ccc3c(c2)c2cc(-c4ccc(C#N)cc4[N+]#[C-])ccc2n3-c2ccc(-c3nc(-c4ccccc4)nc(-c4ccccc4)n3)cc2-c2ccc(-c3ccccc3[N+]#[C-])cc2-n2c3ccc(-c4ccc([N+]#[C-])cc4C#N)cc3c3cc(-c4ccc(C#N)cc4[N+]#[C-])ccc32)c(C#N)c1. The van der Waals surface area contributed by atoms with Crippen LogP contribution in [-0.2, 0) is 0 Å². The van der Waals surface area contributed by atoms with E-state index >= 15 is 0 Å². The van der Waals surface area contributed by atoms with Crippen molar-refractivity contribution in [1.29, 1.82) is 21.0 Å². The van der Waals surface area contributed by atoms with Crippen molar-refractivity contribution in [3.05, 3.63) is 346 Å². The molecule has 0 saturated heterocycles. The van der Waals surface area contributed by atoms with Gasteiger partial charge in [-0.05, 0) is 165 Å². The zero-order valence-electron chi connectivity index (χ0n) is 54.7. The van der Waals surface area contributed by atoms with Gasteiger partial charge in [-0.2, -0.15) is 21.0 Å². The van der Waals surface area contributed by atoms with Crippen LogP contribution >= 0.6 is 0 Å².